The topological polar surface area (TPSA) is 9.23 Å². The van der Waals surface area contributed by atoms with Crippen LogP contribution in [0.5, 0.6) is 5.75 Å². The van der Waals surface area contributed by atoms with E-state index in [9.17, 15) is 4.39 Å². The van der Waals surface area contributed by atoms with E-state index < -0.39 is 11.2 Å². The maximum absolute atomic E-state index is 13.9. The van der Waals surface area contributed by atoms with E-state index in [2.05, 4.69) is 0 Å². The Kier molecular flexibility index (Phi) is 5.03. The average molecular weight is 354 g/mol. The fraction of sp³-hybridized carbons (Fsp3) is 0.143. The SMILES string of the molecule is COc1cc(Cl)c(C(Cl)c2c(F)cccc2Cl)cc1Cl. The van der Waals surface area contributed by atoms with Gasteiger partial charge in [0.1, 0.15) is 11.6 Å². The molecule has 0 fully saturated rings. The van der Waals surface area contributed by atoms with E-state index in [-0.39, 0.29) is 10.6 Å². The summed E-state index contributed by atoms with van der Waals surface area (Å²) in [5.74, 6) is -0.0792. The fourth-order valence-electron chi connectivity index (χ4n) is 1.80. The van der Waals surface area contributed by atoms with Crippen LogP contribution in [-0.4, -0.2) is 7.11 Å². The predicted octanol–water partition coefficient (Wildman–Crippen LogP) is 6.12. The molecule has 2 rings (SSSR count). The molecule has 0 aromatic heterocycles. The Morgan fingerprint density at radius 2 is 1.75 bits per heavy atom. The van der Waals surface area contributed by atoms with Crippen molar-refractivity contribution in [1.29, 1.82) is 0 Å². The maximum Gasteiger partial charge on any atom is 0.138 e. The molecule has 0 spiro atoms. The van der Waals surface area contributed by atoms with E-state index >= 15 is 0 Å². The van der Waals surface area contributed by atoms with Gasteiger partial charge in [-0.3, -0.25) is 0 Å². The third kappa shape index (κ3) is 2.99. The van der Waals surface area contributed by atoms with Gasteiger partial charge >= 0.3 is 0 Å². The summed E-state index contributed by atoms with van der Waals surface area (Å²) in [7, 11) is 1.48. The number of hydrogen-bond donors (Lipinski definition) is 0. The van der Waals surface area contributed by atoms with Gasteiger partial charge < -0.3 is 4.74 Å². The molecule has 106 valence electrons. The van der Waals surface area contributed by atoms with Crippen LogP contribution in [0.15, 0.2) is 30.3 Å². The Morgan fingerprint density at radius 3 is 2.35 bits per heavy atom. The zero-order valence-corrected chi connectivity index (χ0v) is 13.3. The Bertz CT molecular complexity index is 625. The van der Waals surface area contributed by atoms with Gasteiger partial charge in [-0.25, -0.2) is 4.39 Å². The van der Waals surface area contributed by atoms with Crippen molar-refractivity contribution in [3.63, 3.8) is 0 Å². The zero-order chi connectivity index (χ0) is 14.9. The first kappa shape index (κ1) is 15.7. The van der Waals surface area contributed by atoms with Crippen LogP contribution in [0.25, 0.3) is 0 Å². The van der Waals surface area contributed by atoms with Crippen LogP contribution in [-0.2, 0) is 0 Å². The van der Waals surface area contributed by atoms with Crippen molar-refractivity contribution in [2.24, 2.45) is 0 Å². The molecule has 0 radical (unpaired) electrons. The van der Waals surface area contributed by atoms with Crippen molar-refractivity contribution in [1.82, 2.24) is 0 Å². The first-order valence-electron chi connectivity index (χ1n) is 5.56. The largest absolute Gasteiger partial charge is 0.495 e. The van der Waals surface area contributed by atoms with Gasteiger partial charge in [0, 0.05) is 21.7 Å². The minimum atomic E-state index is -0.848. The van der Waals surface area contributed by atoms with Crippen LogP contribution in [0.4, 0.5) is 4.39 Å². The lowest BCUT2D eigenvalue weighted by Gasteiger charge is -2.16. The first-order valence-corrected chi connectivity index (χ1v) is 7.13. The standard InChI is InChI=1S/C14H9Cl4FO/c1-20-12-6-9(16)7(5-10(12)17)14(18)13-8(15)3-2-4-11(13)19/h2-6,14H,1H3. The molecule has 0 bridgehead atoms. The molecule has 0 saturated carbocycles. The molecule has 1 atom stereocenters. The number of ether oxygens (including phenoxy) is 1. The maximum atomic E-state index is 13.9. The van der Waals surface area contributed by atoms with Gasteiger partial charge in [0.25, 0.3) is 0 Å². The Hall–Kier alpha value is -0.670. The van der Waals surface area contributed by atoms with Crippen LogP contribution in [0.3, 0.4) is 0 Å². The summed E-state index contributed by atoms with van der Waals surface area (Å²) in [5, 5.41) is 0.0446. The van der Waals surface area contributed by atoms with Crippen molar-refractivity contribution in [2.75, 3.05) is 7.11 Å². The molecule has 1 nitrogen and oxygen atoms in total. The molecule has 0 saturated heterocycles. The third-order valence-corrected chi connectivity index (χ3v) is 4.20. The molecule has 6 heteroatoms. The number of halogens is 5. The monoisotopic (exact) mass is 352 g/mol. The minimum Gasteiger partial charge on any atom is -0.495 e. The van der Waals surface area contributed by atoms with Gasteiger partial charge in [-0.1, -0.05) is 40.9 Å². The molecule has 0 aliphatic rings. The molecule has 1 unspecified atom stereocenters. The number of methoxy groups -OCH3 is 1. The summed E-state index contributed by atoms with van der Waals surface area (Å²) in [4.78, 5) is 0. The Labute approximate surface area is 136 Å². The fourth-order valence-corrected chi connectivity index (χ4v) is 3.10. The summed E-state index contributed by atoms with van der Waals surface area (Å²) < 4.78 is 18.9. The normalized spacial score (nSPS) is 12.3. The first-order chi connectivity index (χ1) is 9.45. The molecular formula is C14H9Cl4FO. The van der Waals surface area contributed by atoms with E-state index in [4.69, 9.17) is 51.1 Å². The average Bonchev–Trinajstić information content (AvgIpc) is 2.40. The number of hydrogen-bond acceptors (Lipinski definition) is 1. The summed E-state index contributed by atoms with van der Waals surface area (Å²) >= 11 is 24.5. The molecular weight excluding hydrogens is 345 g/mol. The van der Waals surface area contributed by atoms with E-state index in [0.717, 1.165) is 0 Å². The summed E-state index contributed by atoms with van der Waals surface area (Å²) in [6, 6.07) is 7.43. The lowest BCUT2D eigenvalue weighted by molar-refractivity contribution is 0.415. The van der Waals surface area contributed by atoms with E-state index in [1.807, 2.05) is 0 Å². The smallest absolute Gasteiger partial charge is 0.138 e. The minimum absolute atomic E-state index is 0.166. The summed E-state index contributed by atoms with van der Waals surface area (Å²) in [5.41, 5.74) is 0.630. The van der Waals surface area contributed by atoms with Crippen LogP contribution >= 0.6 is 46.4 Å². The quantitative estimate of drug-likeness (QED) is 0.603. The molecule has 2 aromatic carbocycles. The van der Waals surface area contributed by atoms with Crippen molar-refractivity contribution >= 4 is 46.4 Å². The highest BCUT2D eigenvalue weighted by Gasteiger charge is 2.22. The molecule has 0 aliphatic heterocycles. The number of benzene rings is 2. The summed E-state index contributed by atoms with van der Waals surface area (Å²) in [6.45, 7) is 0. The lowest BCUT2D eigenvalue weighted by atomic mass is 10.0. The van der Waals surface area contributed by atoms with E-state index in [1.165, 1.54) is 25.3 Å². The van der Waals surface area contributed by atoms with E-state index in [0.29, 0.717) is 21.4 Å². The molecule has 0 amide bonds. The van der Waals surface area contributed by atoms with Crippen molar-refractivity contribution in [3.8, 4) is 5.75 Å². The Balaban J connectivity index is 2.54. The molecule has 0 aliphatic carbocycles. The van der Waals surface area contributed by atoms with Crippen LogP contribution in [0.2, 0.25) is 15.1 Å². The molecule has 0 N–H and O–H groups in total. The van der Waals surface area contributed by atoms with Gasteiger partial charge in [-0.2, -0.15) is 0 Å². The van der Waals surface area contributed by atoms with Gasteiger partial charge in [0.15, 0.2) is 0 Å². The lowest BCUT2D eigenvalue weighted by Crippen LogP contribution is -2.00. The highest BCUT2D eigenvalue weighted by molar-refractivity contribution is 6.36. The van der Waals surface area contributed by atoms with Gasteiger partial charge in [-0.15, -0.1) is 11.6 Å². The molecule has 20 heavy (non-hydrogen) atoms. The van der Waals surface area contributed by atoms with Crippen molar-refractivity contribution in [3.05, 3.63) is 62.3 Å². The van der Waals surface area contributed by atoms with Crippen LogP contribution < -0.4 is 4.74 Å². The molecule has 0 heterocycles. The van der Waals surface area contributed by atoms with Gasteiger partial charge in [-0.05, 0) is 23.8 Å². The predicted molar refractivity (Wildman–Crippen MR) is 82.1 cm³/mol. The van der Waals surface area contributed by atoms with Gasteiger partial charge in [0.2, 0.25) is 0 Å². The highest BCUT2D eigenvalue weighted by atomic mass is 35.5. The third-order valence-electron chi connectivity index (χ3n) is 2.80. The second-order valence-corrected chi connectivity index (χ2v) is 5.66. The van der Waals surface area contributed by atoms with Crippen molar-refractivity contribution in [2.45, 2.75) is 5.38 Å². The van der Waals surface area contributed by atoms with E-state index in [1.54, 1.807) is 12.1 Å². The highest BCUT2D eigenvalue weighted by Crippen LogP contribution is 2.41. The molecule has 2 aromatic rings. The van der Waals surface area contributed by atoms with Crippen LogP contribution in [0.1, 0.15) is 16.5 Å². The second kappa shape index (κ2) is 6.40. The summed E-state index contributed by atoms with van der Waals surface area (Å²) in [6.07, 6.45) is 0. The Morgan fingerprint density at radius 1 is 1.05 bits per heavy atom. The number of rotatable bonds is 3. The zero-order valence-electron chi connectivity index (χ0n) is 10.3. The van der Waals surface area contributed by atoms with Crippen molar-refractivity contribution < 1.29 is 9.13 Å². The van der Waals surface area contributed by atoms with Gasteiger partial charge in [0.05, 0.1) is 17.5 Å². The number of alkyl halides is 1. The second-order valence-electron chi connectivity index (χ2n) is 4.01. The van der Waals surface area contributed by atoms with Crippen LogP contribution in [0, 0.1) is 5.82 Å².